The van der Waals surface area contributed by atoms with Crippen LogP contribution in [0.25, 0.3) is 0 Å². The third-order valence-electron chi connectivity index (χ3n) is 3.22. The summed E-state index contributed by atoms with van der Waals surface area (Å²) in [6.07, 6.45) is 4.44. The molecule has 1 N–H and O–H groups in total. The Labute approximate surface area is 85.8 Å². The highest BCUT2D eigenvalue weighted by Crippen LogP contribution is 2.32. The molecule has 1 saturated carbocycles. The van der Waals surface area contributed by atoms with Crippen LogP contribution in [0.2, 0.25) is 0 Å². The third kappa shape index (κ3) is 2.71. The fourth-order valence-corrected chi connectivity index (χ4v) is 1.96. The molecule has 1 atom stereocenters. The summed E-state index contributed by atoms with van der Waals surface area (Å²) in [6.45, 7) is 4.99. The summed E-state index contributed by atoms with van der Waals surface area (Å²) in [4.78, 5) is 13.8. The summed E-state index contributed by atoms with van der Waals surface area (Å²) in [7, 11) is 0. The second kappa shape index (κ2) is 4.30. The molecule has 1 saturated heterocycles. The van der Waals surface area contributed by atoms with Crippen LogP contribution in [0.3, 0.4) is 0 Å². The molecule has 0 aromatic heterocycles. The molecule has 2 aliphatic rings. The van der Waals surface area contributed by atoms with E-state index in [4.69, 9.17) is 0 Å². The third-order valence-corrected chi connectivity index (χ3v) is 3.22. The number of rotatable bonds is 2. The molecule has 1 aliphatic heterocycles. The topological polar surface area (TPSA) is 32.3 Å². The fourth-order valence-electron chi connectivity index (χ4n) is 1.96. The van der Waals surface area contributed by atoms with E-state index in [9.17, 15) is 4.79 Å². The SMILES string of the molecule is CC1CCN(C(=O)CC2CC2)CCN1. The van der Waals surface area contributed by atoms with Crippen LogP contribution in [0.15, 0.2) is 0 Å². The molecule has 80 valence electrons. The molecule has 14 heavy (non-hydrogen) atoms. The van der Waals surface area contributed by atoms with Gasteiger partial charge in [-0.15, -0.1) is 0 Å². The molecule has 3 nitrogen and oxygen atoms in total. The quantitative estimate of drug-likeness (QED) is 0.714. The first-order chi connectivity index (χ1) is 6.75. The Morgan fingerprint density at radius 3 is 2.86 bits per heavy atom. The van der Waals surface area contributed by atoms with Gasteiger partial charge in [-0.2, -0.15) is 0 Å². The summed E-state index contributed by atoms with van der Waals surface area (Å²) in [6, 6.07) is 0.564. The molecule has 0 aromatic rings. The van der Waals surface area contributed by atoms with E-state index >= 15 is 0 Å². The van der Waals surface area contributed by atoms with E-state index in [1.165, 1.54) is 12.8 Å². The van der Waals surface area contributed by atoms with Gasteiger partial charge in [-0.1, -0.05) is 0 Å². The van der Waals surface area contributed by atoms with Crippen molar-refractivity contribution in [1.29, 1.82) is 0 Å². The molecule has 2 rings (SSSR count). The van der Waals surface area contributed by atoms with Crippen LogP contribution in [0.4, 0.5) is 0 Å². The number of nitrogens with one attached hydrogen (secondary N) is 1. The van der Waals surface area contributed by atoms with Gasteiger partial charge in [0, 0.05) is 32.1 Å². The zero-order chi connectivity index (χ0) is 9.97. The number of hydrogen-bond donors (Lipinski definition) is 1. The van der Waals surface area contributed by atoms with Crippen LogP contribution in [0.1, 0.15) is 32.6 Å². The summed E-state index contributed by atoms with van der Waals surface area (Å²) in [5.41, 5.74) is 0. The maximum Gasteiger partial charge on any atom is 0.222 e. The van der Waals surface area contributed by atoms with Gasteiger partial charge in [0.05, 0.1) is 0 Å². The van der Waals surface area contributed by atoms with E-state index in [0.29, 0.717) is 11.9 Å². The lowest BCUT2D eigenvalue weighted by atomic mass is 10.2. The van der Waals surface area contributed by atoms with Crippen LogP contribution in [0.5, 0.6) is 0 Å². The van der Waals surface area contributed by atoms with Crippen LogP contribution >= 0.6 is 0 Å². The zero-order valence-corrected chi connectivity index (χ0v) is 8.96. The van der Waals surface area contributed by atoms with Gasteiger partial charge in [0.2, 0.25) is 5.91 Å². The Morgan fingerprint density at radius 1 is 1.36 bits per heavy atom. The molecule has 0 radical (unpaired) electrons. The Hall–Kier alpha value is -0.570. The van der Waals surface area contributed by atoms with Crippen molar-refractivity contribution in [2.45, 2.75) is 38.6 Å². The zero-order valence-electron chi connectivity index (χ0n) is 8.96. The molecular formula is C11H20N2O. The second-order valence-electron chi connectivity index (χ2n) is 4.67. The van der Waals surface area contributed by atoms with Crippen LogP contribution in [-0.2, 0) is 4.79 Å². The van der Waals surface area contributed by atoms with Gasteiger partial charge in [0.1, 0.15) is 0 Å². The predicted octanol–water partition coefficient (Wildman–Crippen LogP) is 0.997. The fraction of sp³-hybridized carbons (Fsp3) is 0.909. The molecule has 0 bridgehead atoms. The first-order valence-electron chi connectivity index (χ1n) is 5.77. The second-order valence-corrected chi connectivity index (χ2v) is 4.67. The van der Waals surface area contributed by atoms with Gasteiger partial charge in [0.15, 0.2) is 0 Å². The molecule has 1 aliphatic carbocycles. The molecule has 0 spiro atoms. The van der Waals surface area contributed by atoms with Crippen molar-refractivity contribution in [2.75, 3.05) is 19.6 Å². The Balaban J connectivity index is 1.79. The highest BCUT2D eigenvalue weighted by molar-refractivity contribution is 5.76. The van der Waals surface area contributed by atoms with E-state index < -0.39 is 0 Å². The minimum atomic E-state index is 0.378. The Kier molecular flexibility index (Phi) is 3.06. The minimum Gasteiger partial charge on any atom is -0.341 e. The number of carbonyl (C=O) groups excluding carboxylic acids is 1. The lowest BCUT2D eigenvalue weighted by molar-refractivity contribution is -0.131. The van der Waals surface area contributed by atoms with Crippen molar-refractivity contribution in [3.8, 4) is 0 Å². The summed E-state index contributed by atoms with van der Waals surface area (Å²) in [5, 5.41) is 3.40. The van der Waals surface area contributed by atoms with E-state index in [1.54, 1.807) is 0 Å². The maximum absolute atomic E-state index is 11.8. The predicted molar refractivity (Wildman–Crippen MR) is 56.0 cm³/mol. The van der Waals surface area contributed by atoms with Gasteiger partial charge in [-0.3, -0.25) is 4.79 Å². The highest BCUT2D eigenvalue weighted by Gasteiger charge is 2.27. The lowest BCUT2D eigenvalue weighted by Crippen LogP contribution is -2.34. The van der Waals surface area contributed by atoms with Crippen LogP contribution < -0.4 is 5.32 Å². The first kappa shape index (κ1) is 9.97. The molecule has 1 heterocycles. The van der Waals surface area contributed by atoms with Crippen molar-refractivity contribution < 1.29 is 4.79 Å². The van der Waals surface area contributed by atoms with Gasteiger partial charge < -0.3 is 10.2 Å². The average Bonchev–Trinajstić information content (AvgIpc) is 2.93. The molecule has 1 unspecified atom stereocenters. The molecule has 2 fully saturated rings. The van der Waals surface area contributed by atoms with E-state index in [-0.39, 0.29) is 0 Å². The van der Waals surface area contributed by atoms with Crippen LogP contribution in [0, 0.1) is 5.92 Å². The summed E-state index contributed by atoms with van der Waals surface area (Å²) in [5.74, 6) is 1.10. The van der Waals surface area contributed by atoms with Crippen molar-refractivity contribution in [3.63, 3.8) is 0 Å². The summed E-state index contributed by atoms with van der Waals surface area (Å²) < 4.78 is 0. The van der Waals surface area contributed by atoms with E-state index in [1.807, 2.05) is 4.90 Å². The standard InChI is InChI=1S/C11H20N2O/c1-9-4-6-13(7-5-12-9)11(14)8-10-2-3-10/h9-10,12H,2-8H2,1H3. The summed E-state index contributed by atoms with van der Waals surface area (Å²) >= 11 is 0. The monoisotopic (exact) mass is 196 g/mol. The lowest BCUT2D eigenvalue weighted by Gasteiger charge is -2.19. The van der Waals surface area contributed by atoms with Crippen molar-refractivity contribution >= 4 is 5.91 Å². The Morgan fingerprint density at radius 2 is 2.14 bits per heavy atom. The molecule has 3 heteroatoms. The highest BCUT2D eigenvalue weighted by atomic mass is 16.2. The normalized spacial score (nSPS) is 28.6. The van der Waals surface area contributed by atoms with Crippen molar-refractivity contribution in [2.24, 2.45) is 5.92 Å². The Bertz CT molecular complexity index is 213. The maximum atomic E-state index is 11.8. The number of carbonyl (C=O) groups is 1. The van der Waals surface area contributed by atoms with Crippen molar-refractivity contribution in [1.82, 2.24) is 10.2 Å². The number of nitrogens with zero attached hydrogens (tertiary/aromatic N) is 1. The van der Waals surface area contributed by atoms with Crippen molar-refractivity contribution in [3.05, 3.63) is 0 Å². The van der Waals surface area contributed by atoms with E-state index in [2.05, 4.69) is 12.2 Å². The number of hydrogen-bond acceptors (Lipinski definition) is 2. The van der Waals surface area contributed by atoms with Gasteiger partial charge in [-0.25, -0.2) is 0 Å². The van der Waals surface area contributed by atoms with Gasteiger partial charge in [0.25, 0.3) is 0 Å². The first-order valence-corrected chi connectivity index (χ1v) is 5.77. The van der Waals surface area contributed by atoms with Gasteiger partial charge in [-0.05, 0) is 32.1 Å². The smallest absolute Gasteiger partial charge is 0.222 e. The molecule has 0 aromatic carbocycles. The molecule has 1 amide bonds. The number of amides is 1. The van der Waals surface area contributed by atoms with Crippen LogP contribution in [-0.4, -0.2) is 36.5 Å². The van der Waals surface area contributed by atoms with Gasteiger partial charge >= 0.3 is 0 Å². The largest absolute Gasteiger partial charge is 0.341 e. The minimum absolute atomic E-state index is 0.378. The average molecular weight is 196 g/mol. The molecular weight excluding hydrogens is 176 g/mol. The van der Waals surface area contributed by atoms with E-state index in [0.717, 1.165) is 38.4 Å².